The van der Waals surface area contributed by atoms with Gasteiger partial charge in [-0.1, -0.05) is 25.1 Å². The van der Waals surface area contributed by atoms with E-state index in [1.54, 1.807) is 0 Å². The number of benzene rings is 2. The zero-order chi connectivity index (χ0) is 17.8. The highest BCUT2D eigenvalue weighted by atomic mass is 16.5. The van der Waals surface area contributed by atoms with E-state index in [-0.39, 0.29) is 0 Å². The highest BCUT2D eigenvalue weighted by Gasteiger charge is 2.11. The lowest BCUT2D eigenvalue weighted by Crippen LogP contribution is -2.03. The Morgan fingerprint density at radius 3 is 2.44 bits per heavy atom. The fourth-order valence-electron chi connectivity index (χ4n) is 2.41. The molecule has 0 radical (unpaired) electrons. The summed E-state index contributed by atoms with van der Waals surface area (Å²) in [7, 11) is 0. The van der Waals surface area contributed by atoms with Crippen LogP contribution in [0.15, 0.2) is 48.8 Å². The first-order valence-electron chi connectivity index (χ1n) is 8.28. The van der Waals surface area contributed by atoms with Crippen LogP contribution < -0.4 is 15.8 Å². The minimum absolute atomic E-state index is 0.339. The number of nitrogens with two attached hydrogens (primary N) is 1. The van der Waals surface area contributed by atoms with E-state index in [2.05, 4.69) is 41.3 Å². The van der Waals surface area contributed by atoms with Gasteiger partial charge in [0.15, 0.2) is 5.82 Å². The van der Waals surface area contributed by atoms with Crippen molar-refractivity contribution < 1.29 is 4.74 Å². The summed E-state index contributed by atoms with van der Waals surface area (Å²) < 4.78 is 5.84. The standard InChI is InChI=1S/C20H22N4O/c1-4-15-6-8-16(9-7-15)24-19-18(21)20(23-12-22-19)25-17-10-5-13(2)14(3)11-17/h5-12H,4,21H2,1-3H3,(H,22,23,24). The monoisotopic (exact) mass is 334 g/mol. The van der Waals surface area contributed by atoms with Gasteiger partial charge < -0.3 is 15.8 Å². The Labute approximate surface area is 147 Å². The van der Waals surface area contributed by atoms with Crippen LogP contribution in [0.4, 0.5) is 17.2 Å². The fraction of sp³-hybridized carbons (Fsp3) is 0.200. The molecule has 1 heterocycles. The SMILES string of the molecule is CCc1ccc(Nc2ncnc(Oc3ccc(C)c(C)c3)c2N)cc1. The molecule has 3 rings (SSSR count). The molecule has 3 aromatic rings. The molecule has 0 saturated carbocycles. The van der Waals surface area contributed by atoms with Crippen molar-refractivity contribution in [2.45, 2.75) is 27.2 Å². The molecular weight excluding hydrogens is 312 g/mol. The number of anilines is 3. The van der Waals surface area contributed by atoms with Crippen LogP contribution in [0.5, 0.6) is 11.6 Å². The third-order valence-corrected chi connectivity index (χ3v) is 4.17. The topological polar surface area (TPSA) is 73.1 Å². The summed E-state index contributed by atoms with van der Waals surface area (Å²) in [5, 5.41) is 3.21. The maximum absolute atomic E-state index is 6.19. The smallest absolute Gasteiger partial charge is 0.248 e. The Morgan fingerprint density at radius 1 is 1.00 bits per heavy atom. The second kappa shape index (κ2) is 7.21. The summed E-state index contributed by atoms with van der Waals surface area (Å²) in [6, 6.07) is 14.0. The summed E-state index contributed by atoms with van der Waals surface area (Å²) >= 11 is 0. The van der Waals surface area contributed by atoms with Gasteiger partial charge in [0.1, 0.15) is 17.8 Å². The lowest BCUT2D eigenvalue weighted by Gasteiger charge is -2.12. The molecule has 128 valence electrons. The number of hydrogen-bond donors (Lipinski definition) is 2. The summed E-state index contributed by atoms with van der Waals surface area (Å²) in [6.45, 7) is 6.23. The van der Waals surface area contributed by atoms with E-state index in [1.807, 2.05) is 37.3 Å². The molecule has 0 bridgehead atoms. The first-order valence-corrected chi connectivity index (χ1v) is 8.28. The van der Waals surface area contributed by atoms with Gasteiger partial charge in [0.2, 0.25) is 5.88 Å². The third-order valence-electron chi connectivity index (χ3n) is 4.17. The van der Waals surface area contributed by atoms with Gasteiger partial charge in [-0.3, -0.25) is 0 Å². The molecule has 0 aliphatic rings. The average molecular weight is 334 g/mol. The molecule has 2 aromatic carbocycles. The van der Waals surface area contributed by atoms with Crippen molar-refractivity contribution in [3.05, 3.63) is 65.5 Å². The maximum atomic E-state index is 6.19. The molecule has 0 aliphatic carbocycles. The molecule has 0 aliphatic heterocycles. The van der Waals surface area contributed by atoms with Crippen LogP contribution in [-0.4, -0.2) is 9.97 Å². The van der Waals surface area contributed by atoms with E-state index < -0.39 is 0 Å². The summed E-state index contributed by atoms with van der Waals surface area (Å²) in [5.41, 5.74) is 11.1. The molecule has 5 nitrogen and oxygen atoms in total. The zero-order valence-electron chi connectivity index (χ0n) is 14.7. The van der Waals surface area contributed by atoms with Gasteiger partial charge in [0, 0.05) is 5.69 Å². The van der Waals surface area contributed by atoms with Crippen molar-refractivity contribution in [1.29, 1.82) is 0 Å². The molecule has 0 fully saturated rings. The first kappa shape index (κ1) is 16.8. The van der Waals surface area contributed by atoms with E-state index in [0.29, 0.717) is 23.1 Å². The van der Waals surface area contributed by atoms with Crippen molar-refractivity contribution in [1.82, 2.24) is 9.97 Å². The van der Waals surface area contributed by atoms with Crippen LogP contribution in [0.2, 0.25) is 0 Å². The van der Waals surface area contributed by atoms with E-state index >= 15 is 0 Å². The molecular formula is C20H22N4O. The number of hydrogen-bond acceptors (Lipinski definition) is 5. The number of ether oxygens (including phenoxy) is 1. The Morgan fingerprint density at radius 2 is 1.76 bits per heavy atom. The number of aryl methyl sites for hydroxylation is 3. The Bertz CT molecular complexity index is 875. The second-order valence-corrected chi connectivity index (χ2v) is 5.96. The van der Waals surface area contributed by atoms with Gasteiger partial charge in [0.05, 0.1) is 0 Å². The molecule has 0 saturated heterocycles. The number of nitrogens with one attached hydrogen (secondary N) is 1. The predicted octanol–water partition coefficient (Wildman–Crippen LogP) is 4.77. The Kier molecular flexibility index (Phi) is 4.84. The molecule has 0 unspecified atom stereocenters. The van der Waals surface area contributed by atoms with Gasteiger partial charge in [-0.05, 0) is 61.2 Å². The van der Waals surface area contributed by atoms with Gasteiger partial charge in [-0.2, -0.15) is 4.98 Å². The third kappa shape index (κ3) is 3.88. The molecule has 25 heavy (non-hydrogen) atoms. The normalized spacial score (nSPS) is 10.5. The lowest BCUT2D eigenvalue weighted by molar-refractivity contribution is 0.464. The molecule has 3 N–H and O–H groups in total. The van der Waals surface area contributed by atoms with Crippen LogP contribution in [0, 0.1) is 13.8 Å². The van der Waals surface area contributed by atoms with Crippen molar-refractivity contribution in [3.63, 3.8) is 0 Å². The minimum Gasteiger partial charge on any atom is -0.437 e. The number of aromatic nitrogens is 2. The predicted molar refractivity (Wildman–Crippen MR) is 102 cm³/mol. The zero-order valence-corrected chi connectivity index (χ0v) is 14.7. The molecule has 0 atom stereocenters. The van der Waals surface area contributed by atoms with Crippen LogP contribution in [-0.2, 0) is 6.42 Å². The van der Waals surface area contributed by atoms with Crippen LogP contribution in [0.25, 0.3) is 0 Å². The van der Waals surface area contributed by atoms with Gasteiger partial charge in [-0.25, -0.2) is 4.98 Å². The molecule has 5 heteroatoms. The van der Waals surface area contributed by atoms with Crippen molar-refractivity contribution >= 4 is 17.2 Å². The average Bonchev–Trinajstić information content (AvgIpc) is 2.62. The number of nitrogen functional groups attached to an aromatic ring is 1. The van der Waals surface area contributed by atoms with Crippen molar-refractivity contribution in [2.24, 2.45) is 0 Å². The van der Waals surface area contributed by atoms with E-state index in [0.717, 1.165) is 17.7 Å². The molecule has 1 aromatic heterocycles. The van der Waals surface area contributed by atoms with Gasteiger partial charge in [0.25, 0.3) is 0 Å². The van der Waals surface area contributed by atoms with Crippen LogP contribution >= 0.6 is 0 Å². The van der Waals surface area contributed by atoms with E-state index in [9.17, 15) is 0 Å². The molecule has 0 amide bonds. The Hall–Kier alpha value is -3.08. The van der Waals surface area contributed by atoms with Crippen LogP contribution in [0.1, 0.15) is 23.6 Å². The van der Waals surface area contributed by atoms with Crippen molar-refractivity contribution in [2.75, 3.05) is 11.1 Å². The highest BCUT2D eigenvalue weighted by molar-refractivity contribution is 5.72. The highest BCUT2D eigenvalue weighted by Crippen LogP contribution is 2.31. The van der Waals surface area contributed by atoms with Gasteiger partial charge in [-0.15, -0.1) is 0 Å². The van der Waals surface area contributed by atoms with E-state index in [4.69, 9.17) is 10.5 Å². The Balaban J connectivity index is 1.82. The summed E-state index contributed by atoms with van der Waals surface area (Å²) in [4.78, 5) is 8.38. The number of nitrogens with zero attached hydrogens (tertiary/aromatic N) is 2. The van der Waals surface area contributed by atoms with Gasteiger partial charge >= 0.3 is 0 Å². The minimum atomic E-state index is 0.339. The lowest BCUT2D eigenvalue weighted by atomic mass is 10.1. The maximum Gasteiger partial charge on any atom is 0.248 e. The summed E-state index contributed by atoms with van der Waals surface area (Å²) in [6.07, 6.45) is 2.44. The first-order chi connectivity index (χ1) is 12.1. The largest absolute Gasteiger partial charge is 0.437 e. The fourth-order valence-corrected chi connectivity index (χ4v) is 2.41. The summed E-state index contributed by atoms with van der Waals surface area (Å²) in [5.74, 6) is 1.57. The number of rotatable bonds is 5. The van der Waals surface area contributed by atoms with Crippen molar-refractivity contribution in [3.8, 4) is 11.6 Å². The van der Waals surface area contributed by atoms with Crippen LogP contribution in [0.3, 0.4) is 0 Å². The second-order valence-electron chi connectivity index (χ2n) is 5.96. The van der Waals surface area contributed by atoms with E-state index in [1.165, 1.54) is 17.5 Å². The molecule has 0 spiro atoms. The quantitative estimate of drug-likeness (QED) is 0.703.